The molecule has 0 bridgehead atoms. The second kappa shape index (κ2) is 18.6. The molecule has 10 nitrogen and oxygen atoms in total. The molecule has 47 heavy (non-hydrogen) atoms. The van der Waals surface area contributed by atoms with E-state index in [9.17, 15) is 4.79 Å². The minimum Gasteiger partial charge on any atom is -0.457 e. The number of nitrogens with zero attached hydrogens (tertiary/aromatic N) is 4. The van der Waals surface area contributed by atoms with Crippen LogP contribution in [-0.2, 0) is 13.0 Å². The minimum absolute atomic E-state index is 0.166. The number of ether oxygens (including phenoxy) is 1. The summed E-state index contributed by atoms with van der Waals surface area (Å²) in [6.45, 7) is 11.5. The highest BCUT2D eigenvalue weighted by atomic mass is 35.5. The first kappa shape index (κ1) is 36.1. The molecular weight excluding hydrogens is 612 g/mol. The van der Waals surface area contributed by atoms with Gasteiger partial charge in [-0.25, -0.2) is 4.98 Å². The Labute approximate surface area is 281 Å². The van der Waals surface area contributed by atoms with E-state index in [1.54, 1.807) is 30.5 Å². The molecule has 0 aliphatic heterocycles. The number of hydrogen-bond donors (Lipinski definition) is 4. The van der Waals surface area contributed by atoms with Gasteiger partial charge in [0.15, 0.2) is 5.96 Å². The number of nitrogens with one attached hydrogen (secondary N) is 1. The standard InChI is InChI=1S/C30H26ClN5O2.C4H11N3.C2H6/c1-20(32)19-36-28-13-8-22(30(37)34-16-14-24-6-2-3-15-33-24)18-27(28)35-29(36)21-5-4-7-26(17-21)38-25-11-9-23(31)10-12-25;1-2-3-7-4(5)6;1-2/h2-13,15,17-18H,1,14,16,19,32H2,(H,34,37);2-3H2,1H3,(H4,5,6,7);1-2H3. The van der Waals surface area contributed by atoms with Crippen LogP contribution in [0.5, 0.6) is 11.5 Å². The van der Waals surface area contributed by atoms with Gasteiger partial charge in [-0.15, -0.1) is 0 Å². The van der Waals surface area contributed by atoms with Crippen LogP contribution in [0.1, 0.15) is 43.2 Å². The Bertz CT molecular complexity index is 1770. The van der Waals surface area contributed by atoms with Crippen LogP contribution < -0.4 is 27.3 Å². The fourth-order valence-corrected chi connectivity index (χ4v) is 4.51. The molecular formula is C36H43ClN8O2. The molecule has 7 N–H and O–H groups in total. The number of carbonyl (C=O) groups excluding carboxylic acids is 1. The van der Waals surface area contributed by atoms with E-state index in [0.29, 0.717) is 58.6 Å². The minimum atomic E-state index is -0.166. The smallest absolute Gasteiger partial charge is 0.251 e. The van der Waals surface area contributed by atoms with E-state index in [-0.39, 0.29) is 11.9 Å². The zero-order valence-corrected chi connectivity index (χ0v) is 27.9. The number of fused-ring (bicyclic) bond motifs is 1. The first-order valence-electron chi connectivity index (χ1n) is 15.4. The molecule has 0 atom stereocenters. The van der Waals surface area contributed by atoms with Crippen LogP contribution in [0.3, 0.4) is 0 Å². The highest BCUT2D eigenvalue weighted by Crippen LogP contribution is 2.30. The first-order chi connectivity index (χ1) is 22.7. The van der Waals surface area contributed by atoms with Crippen molar-refractivity contribution in [3.63, 3.8) is 0 Å². The number of halogens is 1. The third-order valence-electron chi connectivity index (χ3n) is 6.42. The number of nitrogens with two attached hydrogens (primary N) is 3. The van der Waals surface area contributed by atoms with E-state index in [0.717, 1.165) is 29.7 Å². The monoisotopic (exact) mass is 654 g/mol. The van der Waals surface area contributed by atoms with Gasteiger partial charge in [-0.2, -0.15) is 0 Å². The Kier molecular flexibility index (Phi) is 14.3. The highest BCUT2D eigenvalue weighted by molar-refractivity contribution is 6.30. The predicted molar refractivity (Wildman–Crippen MR) is 193 cm³/mol. The number of pyridine rings is 1. The molecule has 0 aliphatic rings. The van der Waals surface area contributed by atoms with Crippen LogP contribution in [0.25, 0.3) is 22.4 Å². The number of aliphatic imine (C=N–C) groups is 1. The Morgan fingerprint density at radius 2 is 1.74 bits per heavy atom. The molecule has 2 heterocycles. The summed E-state index contributed by atoms with van der Waals surface area (Å²) < 4.78 is 8.00. The van der Waals surface area contributed by atoms with E-state index in [1.807, 2.05) is 86.0 Å². The van der Waals surface area contributed by atoms with Crippen molar-refractivity contribution in [1.29, 1.82) is 0 Å². The van der Waals surface area contributed by atoms with Crippen molar-refractivity contribution in [3.8, 4) is 22.9 Å². The summed E-state index contributed by atoms with van der Waals surface area (Å²) in [4.78, 5) is 25.7. The van der Waals surface area contributed by atoms with Crippen molar-refractivity contribution in [2.45, 2.75) is 40.2 Å². The van der Waals surface area contributed by atoms with Crippen LogP contribution in [0.4, 0.5) is 0 Å². The number of benzene rings is 3. The summed E-state index contributed by atoms with van der Waals surface area (Å²) >= 11 is 5.99. The molecule has 5 rings (SSSR count). The molecule has 0 fully saturated rings. The van der Waals surface area contributed by atoms with E-state index in [1.165, 1.54) is 0 Å². The molecule has 0 aliphatic carbocycles. The molecule has 0 saturated carbocycles. The average Bonchev–Trinajstić information content (AvgIpc) is 3.43. The van der Waals surface area contributed by atoms with Gasteiger partial charge in [0.25, 0.3) is 5.91 Å². The first-order valence-corrected chi connectivity index (χ1v) is 15.8. The van der Waals surface area contributed by atoms with Crippen LogP contribution in [0.2, 0.25) is 5.02 Å². The summed E-state index contributed by atoms with van der Waals surface area (Å²) in [5, 5.41) is 3.60. The zero-order chi connectivity index (χ0) is 34.2. The summed E-state index contributed by atoms with van der Waals surface area (Å²) in [5.41, 5.74) is 20.3. The van der Waals surface area contributed by atoms with Crippen LogP contribution in [-0.4, -0.2) is 39.5 Å². The van der Waals surface area contributed by atoms with Gasteiger partial charge in [0.05, 0.1) is 17.6 Å². The topological polar surface area (TPSA) is 159 Å². The van der Waals surface area contributed by atoms with Gasteiger partial charge in [0, 0.05) is 53.2 Å². The van der Waals surface area contributed by atoms with E-state index < -0.39 is 0 Å². The Morgan fingerprint density at radius 1 is 0.979 bits per heavy atom. The van der Waals surface area contributed by atoms with Gasteiger partial charge in [-0.3, -0.25) is 14.8 Å². The van der Waals surface area contributed by atoms with Crippen LogP contribution in [0, 0.1) is 0 Å². The molecule has 0 unspecified atom stereocenters. The van der Waals surface area contributed by atoms with Gasteiger partial charge in [0.1, 0.15) is 17.3 Å². The summed E-state index contributed by atoms with van der Waals surface area (Å²) in [5.74, 6) is 2.04. The lowest BCUT2D eigenvalue weighted by Gasteiger charge is -2.11. The highest BCUT2D eigenvalue weighted by Gasteiger charge is 2.16. The Morgan fingerprint density at radius 3 is 2.38 bits per heavy atom. The number of rotatable bonds is 11. The molecule has 5 aromatic rings. The third-order valence-corrected chi connectivity index (χ3v) is 6.68. The summed E-state index contributed by atoms with van der Waals surface area (Å²) in [7, 11) is 0. The van der Waals surface area contributed by atoms with Crippen LogP contribution in [0.15, 0.2) is 108 Å². The number of guanidine groups is 1. The number of aromatic nitrogens is 3. The molecule has 2 aromatic heterocycles. The molecule has 0 saturated heterocycles. The van der Waals surface area contributed by atoms with Crippen LogP contribution >= 0.6 is 11.6 Å². The van der Waals surface area contributed by atoms with Gasteiger partial charge in [0.2, 0.25) is 0 Å². The normalized spacial score (nSPS) is 10.1. The van der Waals surface area contributed by atoms with Crippen molar-refractivity contribution >= 4 is 34.5 Å². The lowest BCUT2D eigenvalue weighted by atomic mass is 10.2. The Hall–Kier alpha value is -5.35. The lowest BCUT2D eigenvalue weighted by Crippen LogP contribution is -2.25. The van der Waals surface area contributed by atoms with Crippen molar-refractivity contribution in [2.24, 2.45) is 22.2 Å². The fourth-order valence-electron chi connectivity index (χ4n) is 4.39. The van der Waals surface area contributed by atoms with Crippen molar-refractivity contribution in [1.82, 2.24) is 19.9 Å². The summed E-state index contributed by atoms with van der Waals surface area (Å²) in [6, 6.07) is 26.0. The molecule has 246 valence electrons. The number of carbonyl (C=O) groups is 1. The molecule has 0 radical (unpaired) electrons. The quantitative estimate of drug-likeness (QED) is 0.0912. The summed E-state index contributed by atoms with van der Waals surface area (Å²) in [6.07, 6.45) is 3.40. The van der Waals surface area contributed by atoms with Crippen molar-refractivity contribution in [2.75, 3.05) is 13.1 Å². The van der Waals surface area contributed by atoms with Gasteiger partial charge in [-0.05, 0) is 73.2 Å². The maximum absolute atomic E-state index is 12.8. The number of allylic oxidation sites excluding steroid dienone is 1. The fraction of sp³-hybridized carbons (Fsp3) is 0.222. The maximum Gasteiger partial charge on any atom is 0.251 e. The number of imidazole rings is 1. The van der Waals surface area contributed by atoms with Crippen molar-refractivity contribution < 1.29 is 9.53 Å². The van der Waals surface area contributed by atoms with Gasteiger partial charge < -0.3 is 31.8 Å². The third kappa shape index (κ3) is 11.2. The SMILES string of the molecule is C=C(N)Cn1c(-c2cccc(Oc3ccc(Cl)cc3)c2)nc2cc(C(=O)NCCc3ccccn3)ccc21.CC.CCCN=C(N)N. The molecule has 3 aromatic carbocycles. The molecule has 11 heteroatoms. The second-order valence-electron chi connectivity index (χ2n) is 10.1. The number of hydrogen-bond acceptors (Lipinski definition) is 6. The van der Waals surface area contributed by atoms with Crippen molar-refractivity contribution in [3.05, 3.63) is 120 Å². The Balaban J connectivity index is 0.000000593. The van der Waals surface area contributed by atoms with Gasteiger partial charge in [-0.1, -0.05) is 57.2 Å². The largest absolute Gasteiger partial charge is 0.457 e. The molecule has 1 amide bonds. The second-order valence-corrected chi connectivity index (χ2v) is 10.5. The molecule has 0 spiro atoms. The van der Waals surface area contributed by atoms with E-state index in [2.05, 4.69) is 21.9 Å². The van der Waals surface area contributed by atoms with E-state index in [4.69, 9.17) is 38.5 Å². The van der Waals surface area contributed by atoms with Gasteiger partial charge >= 0.3 is 0 Å². The van der Waals surface area contributed by atoms with E-state index >= 15 is 0 Å². The average molecular weight is 655 g/mol. The zero-order valence-electron chi connectivity index (χ0n) is 27.1. The lowest BCUT2D eigenvalue weighted by molar-refractivity contribution is 0.0954. The maximum atomic E-state index is 12.8. The number of amides is 1. The predicted octanol–water partition coefficient (Wildman–Crippen LogP) is 6.68.